The predicted octanol–water partition coefficient (Wildman–Crippen LogP) is -0.293. The van der Waals surface area contributed by atoms with Gasteiger partial charge in [0.2, 0.25) is 5.91 Å². The molecule has 1 aliphatic rings. The number of aliphatic carboxylic acids is 1. The van der Waals surface area contributed by atoms with Gasteiger partial charge >= 0.3 is 5.97 Å². The number of terminal acetylenes is 1. The minimum atomic E-state index is -0.914. The smallest absolute Gasteiger partial charge is 0.305 e. The van der Waals surface area contributed by atoms with Crippen molar-refractivity contribution in [3.05, 3.63) is 0 Å². The van der Waals surface area contributed by atoms with Crippen LogP contribution in [0.4, 0.5) is 0 Å². The molecule has 0 saturated heterocycles. The summed E-state index contributed by atoms with van der Waals surface area (Å²) >= 11 is 0. The topological polar surface area (TPSA) is 92.4 Å². The van der Waals surface area contributed by atoms with E-state index >= 15 is 0 Å². The van der Waals surface area contributed by atoms with Gasteiger partial charge in [-0.15, -0.1) is 12.3 Å². The van der Waals surface area contributed by atoms with Crippen molar-refractivity contribution in [2.75, 3.05) is 0 Å². The summed E-state index contributed by atoms with van der Waals surface area (Å²) in [6.45, 7) is 0. The second kappa shape index (κ2) is 5.52. The number of carbonyl (C=O) groups excluding carboxylic acids is 1. The third-order valence-corrected chi connectivity index (χ3v) is 2.59. The number of nitrogens with one attached hydrogen (secondary N) is 1. The lowest BCUT2D eigenvalue weighted by molar-refractivity contribution is -0.138. The summed E-state index contributed by atoms with van der Waals surface area (Å²) in [6, 6.07) is -1.06. The van der Waals surface area contributed by atoms with Crippen LogP contribution in [0, 0.1) is 18.3 Å². The Morgan fingerprint density at radius 2 is 2.19 bits per heavy atom. The number of hydrogen-bond donors (Lipinski definition) is 3. The molecule has 5 heteroatoms. The molecule has 1 amide bonds. The van der Waals surface area contributed by atoms with Gasteiger partial charge in [-0.1, -0.05) is 0 Å². The molecule has 0 aromatic rings. The molecule has 5 nitrogen and oxygen atoms in total. The zero-order valence-corrected chi connectivity index (χ0v) is 8.98. The highest BCUT2D eigenvalue weighted by atomic mass is 16.4. The molecule has 0 radical (unpaired) electrons. The van der Waals surface area contributed by atoms with E-state index in [1.165, 1.54) is 0 Å². The zero-order valence-electron chi connectivity index (χ0n) is 8.98. The standard InChI is InChI=1S/C11H16N2O3/c1-2-3-8(12)11(16)13-9(6-10(14)15)7-4-5-7/h1,7-9H,3-6,12H2,(H,13,16)(H,14,15). The molecule has 0 aromatic carbocycles. The average Bonchev–Trinajstić information content (AvgIpc) is 2.99. The Labute approximate surface area is 94.4 Å². The first kappa shape index (κ1) is 12.5. The lowest BCUT2D eigenvalue weighted by Gasteiger charge is -2.18. The predicted molar refractivity (Wildman–Crippen MR) is 58.3 cm³/mol. The van der Waals surface area contributed by atoms with Gasteiger partial charge in [0, 0.05) is 12.5 Å². The molecule has 2 atom stereocenters. The van der Waals surface area contributed by atoms with Crippen molar-refractivity contribution < 1.29 is 14.7 Å². The van der Waals surface area contributed by atoms with Crippen LogP contribution in [-0.4, -0.2) is 29.1 Å². The number of nitrogens with two attached hydrogens (primary N) is 1. The third kappa shape index (κ3) is 3.91. The van der Waals surface area contributed by atoms with E-state index in [9.17, 15) is 9.59 Å². The maximum Gasteiger partial charge on any atom is 0.305 e. The van der Waals surface area contributed by atoms with Crippen LogP contribution in [0.15, 0.2) is 0 Å². The van der Waals surface area contributed by atoms with Crippen molar-refractivity contribution in [3.8, 4) is 12.3 Å². The number of carbonyl (C=O) groups is 2. The van der Waals surface area contributed by atoms with E-state index in [0.29, 0.717) is 0 Å². The minimum absolute atomic E-state index is 0.0564. The van der Waals surface area contributed by atoms with Gasteiger partial charge in [-0.25, -0.2) is 0 Å². The molecule has 1 saturated carbocycles. The molecule has 88 valence electrons. The highest BCUT2D eigenvalue weighted by molar-refractivity contribution is 5.82. The molecule has 0 heterocycles. The van der Waals surface area contributed by atoms with Crippen molar-refractivity contribution in [1.29, 1.82) is 0 Å². The molecule has 4 N–H and O–H groups in total. The number of carboxylic acid groups (broad SMARTS) is 1. The molecule has 2 unspecified atom stereocenters. The zero-order chi connectivity index (χ0) is 12.1. The SMILES string of the molecule is C#CCC(N)C(=O)NC(CC(=O)O)C1CC1. The molecular formula is C11H16N2O3. The van der Waals surface area contributed by atoms with Gasteiger partial charge in [-0.3, -0.25) is 9.59 Å². The van der Waals surface area contributed by atoms with Crippen molar-refractivity contribution >= 4 is 11.9 Å². The van der Waals surface area contributed by atoms with E-state index < -0.39 is 12.0 Å². The Kier molecular flexibility index (Phi) is 4.32. The number of rotatable bonds is 6. The highest BCUT2D eigenvalue weighted by Crippen LogP contribution is 2.34. The fourth-order valence-corrected chi connectivity index (χ4v) is 1.53. The lowest BCUT2D eigenvalue weighted by Crippen LogP contribution is -2.46. The maximum atomic E-state index is 11.5. The number of carboxylic acids is 1. The van der Waals surface area contributed by atoms with E-state index in [0.717, 1.165) is 12.8 Å². The van der Waals surface area contributed by atoms with E-state index in [4.69, 9.17) is 17.3 Å². The van der Waals surface area contributed by atoms with E-state index in [1.807, 2.05) is 0 Å². The first-order valence-electron chi connectivity index (χ1n) is 5.25. The van der Waals surface area contributed by atoms with Gasteiger partial charge in [0.05, 0.1) is 12.5 Å². The fourth-order valence-electron chi connectivity index (χ4n) is 1.53. The van der Waals surface area contributed by atoms with Gasteiger partial charge in [0.1, 0.15) is 0 Å². The Bertz CT molecular complexity index is 318. The van der Waals surface area contributed by atoms with Gasteiger partial charge in [-0.2, -0.15) is 0 Å². The van der Waals surface area contributed by atoms with Gasteiger partial charge in [-0.05, 0) is 18.8 Å². The van der Waals surface area contributed by atoms with Gasteiger partial charge in [0.15, 0.2) is 0 Å². The van der Waals surface area contributed by atoms with Crippen LogP contribution in [0.25, 0.3) is 0 Å². The molecular weight excluding hydrogens is 208 g/mol. The van der Waals surface area contributed by atoms with Gasteiger partial charge < -0.3 is 16.2 Å². The molecule has 0 aliphatic heterocycles. The molecule has 1 rings (SSSR count). The average molecular weight is 224 g/mol. The summed E-state index contributed by atoms with van der Waals surface area (Å²) in [5.41, 5.74) is 5.53. The van der Waals surface area contributed by atoms with E-state index in [1.54, 1.807) is 0 Å². The van der Waals surface area contributed by atoms with Crippen molar-refractivity contribution in [3.63, 3.8) is 0 Å². The Morgan fingerprint density at radius 1 is 1.56 bits per heavy atom. The maximum absolute atomic E-state index is 11.5. The largest absolute Gasteiger partial charge is 0.481 e. The van der Waals surface area contributed by atoms with Crippen LogP contribution in [0.2, 0.25) is 0 Å². The Hall–Kier alpha value is -1.54. The summed E-state index contributed by atoms with van der Waals surface area (Å²) in [5, 5.41) is 11.4. The van der Waals surface area contributed by atoms with Crippen LogP contribution < -0.4 is 11.1 Å². The summed E-state index contributed by atoms with van der Waals surface area (Å²) in [7, 11) is 0. The summed E-state index contributed by atoms with van der Waals surface area (Å²) in [6.07, 6.45) is 7.08. The molecule has 0 bridgehead atoms. The summed E-state index contributed by atoms with van der Waals surface area (Å²) in [4.78, 5) is 22.1. The molecule has 0 aromatic heterocycles. The number of hydrogen-bond acceptors (Lipinski definition) is 3. The summed E-state index contributed by atoms with van der Waals surface area (Å²) < 4.78 is 0. The van der Waals surface area contributed by atoms with Gasteiger partial charge in [0.25, 0.3) is 0 Å². The van der Waals surface area contributed by atoms with Crippen LogP contribution >= 0.6 is 0 Å². The second-order valence-corrected chi connectivity index (χ2v) is 4.07. The second-order valence-electron chi connectivity index (χ2n) is 4.07. The quantitative estimate of drug-likeness (QED) is 0.540. The van der Waals surface area contributed by atoms with E-state index in [-0.39, 0.29) is 30.7 Å². The molecule has 16 heavy (non-hydrogen) atoms. The van der Waals surface area contributed by atoms with Crippen molar-refractivity contribution in [1.82, 2.24) is 5.32 Å². The van der Waals surface area contributed by atoms with Crippen LogP contribution in [-0.2, 0) is 9.59 Å². The van der Waals surface area contributed by atoms with Crippen LogP contribution in [0.5, 0.6) is 0 Å². The van der Waals surface area contributed by atoms with Crippen LogP contribution in [0.1, 0.15) is 25.7 Å². The summed E-state index contributed by atoms with van der Waals surface area (Å²) in [5.74, 6) is 1.30. The Morgan fingerprint density at radius 3 is 2.62 bits per heavy atom. The van der Waals surface area contributed by atoms with E-state index in [2.05, 4.69) is 11.2 Å². The molecule has 1 fully saturated rings. The first-order valence-corrected chi connectivity index (χ1v) is 5.25. The number of amides is 1. The first-order chi connectivity index (χ1) is 7.54. The molecule has 0 spiro atoms. The monoisotopic (exact) mass is 224 g/mol. The fraction of sp³-hybridized carbons (Fsp3) is 0.636. The van der Waals surface area contributed by atoms with Crippen molar-refractivity contribution in [2.24, 2.45) is 11.7 Å². The third-order valence-electron chi connectivity index (χ3n) is 2.59. The van der Waals surface area contributed by atoms with Crippen molar-refractivity contribution in [2.45, 2.75) is 37.8 Å². The minimum Gasteiger partial charge on any atom is -0.481 e. The lowest BCUT2D eigenvalue weighted by atomic mass is 10.1. The van der Waals surface area contributed by atoms with Crippen LogP contribution in [0.3, 0.4) is 0 Å². The molecule has 1 aliphatic carbocycles. The Balaban J connectivity index is 2.45. The normalized spacial score (nSPS) is 18.2. The highest BCUT2D eigenvalue weighted by Gasteiger charge is 2.34.